The van der Waals surface area contributed by atoms with Gasteiger partial charge in [0, 0.05) is 11.8 Å². The van der Waals surface area contributed by atoms with Crippen molar-refractivity contribution in [1.82, 2.24) is 0 Å². The van der Waals surface area contributed by atoms with Gasteiger partial charge in [-0.2, -0.15) is 0 Å². The van der Waals surface area contributed by atoms with E-state index in [0.717, 1.165) is 0 Å². The molecule has 0 unspecified atom stereocenters. The van der Waals surface area contributed by atoms with Crippen LogP contribution in [0.1, 0.15) is 33.3 Å². The molecule has 0 atom stereocenters. The van der Waals surface area contributed by atoms with Gasteiger partial charge in [-0.1, -0.05) is 44.2 Å². The lowest BCUT2D eigenvalue weighted by molar-refractivity contribution is 0.798. The highest BCUT2D eigenvalue weighted by atomic mass is 14.8. The third-order valence-corrected chi connectivity index (χ3v) is 2.01. The lowest BCUT2D eigenvalue weighted by Gasteiger charge is -2.12. The molecule has 0 spiro atoms. The topological polar surface area (TPSA) is 12.4 Å². The predicted molar refractivity (Wildman–Crippen MR) is 63.0 cm³/mol. The smallest absolute Gasteiger partial charge is 0.0449 e. The van der Waals surface area contributed by atoms with Gasteiger partial charge in [-0.15, -0.1) is 0 Å². The molecule has 1 heteroatoms. The molecule has 0 saturated heterocycles. The molecule has 0 amide bonds. The zero-order valence-corrected chi connectivity index (χ0v) is 9.49. The summed E-state index contributed by atoms with van der Waals surface area (Å²) in [6.45, 7) is 8.61. The van der Waals surface area contributed by atoms with Gasteiger partial charge in [0.2, 0.25) is 0 Å². The van der Waals surface area contributed by atoms with E-state index in [0.29, 0.717) is 12.0 Å². The van der Waals surface area contributed by atoms with Crippen molar-refractivity contribution in [1.29, 1.82) is 0 Å². The minimum atomic E-state index is 0.368. The number of hydrogen-bond acceptors (Lipinski definition) is 1. The minimum Gasteiger partial charge on any atom is -0.286 e. The van der Waals surface area contributed by atoms with E-state index in [2.05, 4.69) is 57.0 Å². The van der Waals surface area contributed by atoms with Crippen molar-refractivity contribution in [2.45, 2.75) is 33.7 Å². The fourth-order valence-corrected chi connectivity index (χ4v) is 1.44. The zero-order valence-electron chi connectivity index (χ0n) is 9.49. The summed E-state index contributed by atoms with van der Waals surface area (Å²) in [5, 5.41) is 0. The molecule has 14 heavy (non-hydrogen) atoms. The Hall–Kier alpha value is -1.11. The average molecular weight is 189 g/mol. The minimum absolute atomic E-state index is 0.368. The molecule has 0 aromatic heterocycles. The number of benzene rings is 1. The van der Waals surface area contributed by atoms with Crippen LogP contribution in [0, 0.1) is 5.92 Å². The van der Waals surface area contributed by atoms with Gasteiger partial charge in [-0.25, -0.2) is 0 Å². The largest absolute Gasteiger partial charge is 0.286 e. The molecule has 0 heterocycles. The summed E-state index contributed by atoms with van der Waals surface area (Å²) >= 11 is 0. The van der Waals surface area contributed by atoms with Crippen LogP contribution >= 0.6 is 0 Å². The van der Waals surface area contributed by atoms with Crippen LogP contribution in [0.3, 0.4) is 0 Å². The zero-order chi connectivity index (χ0) is 10.6. The van der Waals surface area contributed by atoms with Gasteiger partial charge >= 0.3 is 0 Å². The third-order valence-electron chi connectivity index (χ3n) is 2.01. The highest BCUT2D eigenvalue weighted by molar-refractivity contribution is 6.01. The summed E-state index contributed by atoms with van der Waals surface area (Å²) in [5.41, 5.74) is 2.46. The van der Waals surface area contributed by atoms with Crippen molar-refractivity contribution >= 4 is 5.71 Å². The molecule has 76 valence electrons. The summed E-state index contributed by atoms with van der Waals surface area (Å²) in [6.07, 6.45) is 0. The molecule has 0 bridgehead atoms. The van der Waals surface area contributed by atoms with Crippen LogP contribution in [0.2, 0.25) is 0 Å². The molecule has 0 aliphatic carbocycles. The van der Waals surface area contributed by atoms with Crippen molar-refractivity contribution in [2.75, 3.05) is 0 Å². The Balaban J connectivity index is 3.01. The maximum absolute atomic E-state index is 4.66. The lowest BCUT2D eigenvalue weighted by atomic mass is 10.00. The van der Waals surface area contributed by atoms with Gasteiger partial charge < -0.3 is 0 Å². The molecule has 1 nitrogen and oxygen atoms in total. The van der Waals surface area contributed by atoms with Crippen LogP contribution in [-0.4, -0.2) is 11.8 Å². The monoisotopic (exact) mass is 189 g/mol. The van der Waals surface area contributed by atoms with Crippen LogP contribution in [0.5, 0.6) is 0 Å². The number of aliphatic imine (C=N–C) groups is 1. The van der Waals surface area contributed by atoms with E-state index in [1.807, 2.05) is 6.07 Å². The molecule has 0 aliphatic heterocycles. The van der Waals surface area contributed by atoms with Crippen LogP contribution in [0.25, 0.3) is 0 Å². The Kier molecular flexibility index (Phi) is 3.87. The molecular weight excluding hydrogens is 170 g/mol. The van der Waals surface area contributed by atoms with Gasteiger partial charge in [-0.05, 0) is 25.3 Å². The van der Waals surface area contributed by atoms with E-state index in [4.69, 9.17) is 0 Å². The molecule has 0 saturated carbocycles. The Morgan fingerprint density at radius 2 is 1.57 bits per heavy atom. The summed E-state index contributed by atoms with van der Waals surface area (Å²) in [4.78, 5) is 4.66. The first-order valence-electron chi connectivity index (χ1n) is 5.24. The van der Waals surface area contributed by atoms with Gasteiger partial charge in [-0.3, -0.25) is 4.99 Å². The Morgan fingerprint density at radius 3 is 2.00 bits per heavy atom. The Morgan fingerprint density at radius 1 is 1.00 bits per heavy atom. The maximum Gasteiger partial charge on any atom is 0.0449 e. The van der Waals surface area contributed by atoms with E-state index in [9.17, 15) is 0 Å². The molecule has 0 aliphatic rings. The fourth-order valence-electron chi connectivity index (χ4n) is 1.44. The Bertz CT molecular complexity index is 296. The van der Waals surface area contributed by atoms with E-state index in [1.165, 1.54) is 11.3 Å². The molecule has 0 N–H and O–H groups in total. The van der Waals surface area contributed by atoms with E-state index in [-0.39, 0.29) is 0 Å². The second-order valence-electron chi connectivity index (χ2n) is 4.13. The standard InChI is InChI=1S/C13H19N/c1-10(2)13(14-11(3)4)12-8-6-5-7-9-12/h5-11H,1-4H3. The summed E-state index contributed by atoms with van der Waals surface area (Å²) in [5.74, 6) is 0.486. The van der Waals surface area contributed by atoms with Gasteiger partial charge in [0.05, 0.1) is 0 Å². The van der Waals surface area contributed by atoms with E-state index in [1.54, 1.807) is 0 Å². The molecule has 0 radical (unpaired) electrons. The Labute approximate surface area is 86.9 Å². The quantitative estimate of drug-likeness (QED) is 0.645. The van der Waals surface area contributed by atoms with Crippen molar-refractivity contribution in [2.24, 2.45) is 10.9 Å². The first-order chi connectivity index (χ1) is 6.61. The molecule has 0 fully saturated rings. The molecule has 1 aromatic carbocycles. The molecule has 1 aromatic rings. The van der Waals surface area contributed by atoms with Crippen LogP contribution in [0.15, 0.2) is 35.3 Å². The number of rotatable bonds is 3. The fraction of sp³-hybridized carbons (Fsp3) is 0.462. The van der Waals surface area contributed by atoms with Gasteiger partial charge in [0.15, 0.2) is 0 Å². The van der Waals surface area contributed by atoms with Crippen molar-refractivity contribution in [3.05, 3.63) is 35.9 Å². The van der Waals surface area contributed by atoms with Gasteiger partial charge in [0.1, 0.15) is 0 Å². The number of nitrogens with zero attached hydrogens (tertiary/aromatic N) is 1. The average Bonchev–Trinajstić information content (AvgIpc) is 2.15. The summed E-state index contributed by atoms with van der Waals surface area (Å²) < 4.78 is 0. The van der Waals surface area contributed by atoms with Crippen molar-refractivity contribution in [3.8, 4) is 0 Å². The molecular formula is C13H19N. The van der Waals surface area contributed by atoms with Crippen LogP contribution < -0.4 is 0 Å². The second kappa shape index (κ2) is 4.94. The van der Waals surface area contributed by atoms with E-state index >= 15 is 0 Å². The van der Waals surface area contributed by atoms with E-state index < -0.39 is 0 Å². The SMILES string of the molecule is CC(C)N=C(c1ccccc1)C(C)C. The highest BCUT2D eigenvalue weighted by Crippen LogP contribution is 2.10. The number of hydrogen-bond donors (Lipinski definition) is 0. The first kappa shape index (κ1) is 11.0. The second-order valence-corrected chi connectivity index (χ2v) is 4.13. The van der Waals surface area contributed by atoms with Crippen molar-refractivity contribution in [3.63, 3.8) is 0 Å². The highest BCUT2D eigenvalue weighted by Gasteiger charge is 2.07. The normalized spacial score (nSPS) is 12.6. The third kappa shape index (κ3) is 2.99. The predicted octanol–water partition coefficient (Wildman–Crippen LogP) is 3.54. The lowest BCUT2D eigenvalue weighted by Crippen LogP contribution is -2.11. The van der Waals surface area contributed by atoms with Crippen molar-refractivity contribution < 1.29 is 0 Å². The van der Waals surface area contributed by atoms with Crippen LogP contribution in [-0.2, 0) is 0 Å². The van der Waals surface area contributed by atoms with Gasteiger partial charge in [0.25, 0.3) is 0 Å². The summed E-state index contributed by atoms with van der Waals surface area (Å²) in [7, 11) is 0. The van der Waals surface area contributed by atoms with Crippen LogP contribution in [0.4, 0.5) is 0 Å². The maximum atomic E-state index is 4.66. The summed E-state index contributed by atoms with van der Waals surface area (Å²) in [6, 6.07) is 10.8. The first-order valence-corrected chi connectivity index (χ1v) is 5.24. The molecule has 1 rings (SSSR count).